The van der Waals surface area contributed by atoms with Gasteiger partial charge in [0.05, 0.1) is 0 Å². The molecule has 110 valence electrons. The molecule has 1 aromatic rings. The highest BCUT2D eigenvalue weighted by atomic mass is 16.2. The van der Waals surface area contributed by atoms with Crippen LogP contribution in [0.3, 0.4) is 0 Å². The van der Waals surface area contributed by atoms with E-state index >= 15 is 0 Å². The zero-order valence-electron chi connectivity index (χ0n) is 12.4. The molecule has 5 heteroatoms. The summed E-state index contributed by atoms with van der Waals surface area (Å²) in [6, 6.07) is 3.80. The minimum Gasteiger partial charge on any atom is -0.369 e. The molecule has 0 radical (unpaired) electrons. The van der Waals surface area contributed by atoms with Gasteiger partial charge in [-0.05, 0) is 37.8 Å². The van der Waals surface area contributed by atoms with Crippen LogP contribution in [0.25, 0.3) is 0 Å². The summed E-state index contributed by atoms with van der Waals surface area (Å²) >= 11 is 0. The molecular weight excluding hydrogens is 252 g/mol. The van der Waals surface area contributed by atoms with Gasteiger partial charge in [-0.3, -0.25) is 4.79 Å². The fraction of sp³-hybridized carbons (Fsp3) is 0.667. The molecule has 0 spiro atoms. The first-order chi connectivity index (χ1) is 9.72. The van der Waals surface area contributed by atoms with E-state index in [1.165, 1.54) is 19.3 Å². The second-order valence-corrected chi connectivity index (χ2v) is 5.45. The van der Waals surface area contributed by atoms with Crippen molar-refractivity contribution in [1.82, 2.24) is 15.5 Å². The second kappa shape index (κ2) is 7.22. The molecule has 1 saturated carbocycles. The number of nitrogens with zero attached hydrogens (tertiary/aromatic N) is 2. The highest BCUT2D eigenvalue weighted by Gasteiger charge is 2.22. The van der Waals surface area contributed by atoms with Crippen molar-refractivity contribution in [2.75, 3.05) is 11.9 Å². The predicted octanol–water partition coefficient (Wildman–Crippen LogP) is 2.61. The number of aromatic nitrogens is 2. The summed E-state index contributed by atoms with van der Waals surface area (Å²) in [5.41, 5.74) is 0.394. The van der Waals surface area contributed by atoms with E-state index in [1.54, 1.807) is 12.1 Å². The quantitative estimate of drug-likeness (QED) is 0.867. The van der Waals surface area contributed by atoms with E-state index in [1.807, 2.05) is 6.92 Å². The van der Waals surface area contributed by atoms with Gasteiger partial charge in [0, 0.05) is 12.6 Å². The van der Waals surface area contributed by atoms with Gasteiger partial charge in [0.25, 0.3) is 5.91 Å². The van der Waals surface area contributed by atoms with E-state index in [0.717, 1.165) is 25.3 Å². The van der Waals surface area contributed by atoms with Crippen LogP contribution in [0.1, 0.15) is 56.4 Å². The van der Waals surface area contributed by atoms with Crippen molar-refractivity contribution >= 4 is 11.7 Å². The Labute approximate surface area is 120 Å². The molecule has 0 aliphatic heterocycles. The predicted molar refractivity (Wildman–Crippen MR) is 79.7 cm³/mol. The number of carbonyl (C=O) groups excluding carboxylic acids is 1. The smallest absolute Gasteiger partial charge is 0.272 e. The summed E-state index contributed by atoms with van der Waals surface area (Å²) in [7, 11) is 0. The molecule has 5 nitrogen and oxygen atoms in total. The maximum Gasteiger partial charge on any atom is 0.272 e. The van der Waals surface area contributed by atoms with Crippen molar-refractivity contribution in [3.05, 3.63) is 17.8 Å². The molecular formula is C15H24N4O. The van der Waals surface area contributed by atoms with Gasteiger partial charge in [-0.1, -0.05) is 26.2 Å². The molecule has 1 heterocycles. The Balaban J connectivity index is 1.90. The first-order valence-electron chi connectivity index (χ1n) is 7.61. The standard InChI is InChI=1S/C15H24N4O/c1-3-11-6-5-7-12(10-11)17-15(20)13-8-9-14(16-4-2)19-18-13/h8-9,11-12H,3-7,10H2,1-2H3,(H,16,19)(H,17,20). The van der Waals surface area contributed by atoms with E-state index in [4.69, 9.17) is 0 Å². The fourth-order valence-electron chi connectivity index (χ4n) is 2.78. The van der Waals surface area contributed by atoms with Crippen molar-refractivity contribution in [3.63, 3.8) is 0 Å². The zero-order chi connectivity index (χ0) is 14.4. The first kappa shape index (κ1) is 14.8. The third kappa shape index (κ3) is 3.92. The maximum atomic E-state index is 12.1. The Morgan fingerprint density at radius 2 is 2.15 bits per heavy atom. The number of anilines is 1. The van der Waals surface area contributed by atoms with Crippen molar-refractivity contribution in [1.29, 1.82) is 0 Å². The van der Waals surface area contributed by atoms with Crippen molar-refractivity contribution < 1.29 is 4.79 Å². The number of hydrogen-bond acceptors (Lipinski definition) is 4. The summed E-state index contributed by atoms with van der Waals surface area (Å²) in [6.45, 7) is 5.01. The van der Waals surface area contributed by atoms with Crippen LogP contribution in [0.4, 0.5) is 5.82 Å². The van der Waals surface area contributed by atoms with Gasteiger partial charge in [-0.15, -0.1) is 10.2 Å². The molecule has 1 fully saturated rings. The van der Waals surface area contributed by atoms with Gasteiger partial charge in [-0.2, -0.15) is 0 Å². The summed E-state index contributed by atoms with van der Waals surface area (Å²) < 4.78 is 0. The highest BCUT2D eigenvalue weighted by Crippen LogP contribution is 2.26. The number of hydrogen-bond donors (Lipinski definition) is 2. The monoisotopic (exact) mass is 276 g/mol. The molecule has 2 rings (SSSR count). The normalized spacial score (nSPS) is 22.3. The Bertz CT molecular complexity index is 432. The zero-order valence-corrected chi connectivity index (χ0v) is 12.4. The van der Waals surface area contributed by atoms with Crippen molar-refractivity contribution in [2.24, 2.45) is 5.92 Å². The van der Waals surface area contributed by atoms with Gasteiger partial charge in [0.15, 0.2) is 5.69 Å². The van der Waals surface area contributed by atoms with Gasteiger partial charge in [0.1, 0.15) is 5.82 Å². The molecule has 2 atom stereocenters. The third-order valence-corrected chi connectivity index (χ3v) is 3.95. The molecule has 0 aromatic carbocycles. The average molecular weight is 276 g/mol. The average Bonchev–Trinajstić information content (AvgIpc) is 2.48. The summed E-state index contributed by atoms with van der Waals surface area (Å²) in [5.74, 6) is 1.34. The van der Waals surface area contributed by atoms with Crippen LogP contribution in [0.15, 0.2) is 12.1 Å². The van der Waals surface area contributed by atoms with Crippen LogP contribution in [-0.2, 0) is 0 Å². The Morgan fingerprint density at radius 3 is 2.80 bits per heavy atom. The molecule has 20 heavy (non-hydrogen) atoms. The van der Waals surface area contributed by atoms with Gasteiger partial charge in [0.2, 0.25) is 0 Å². The molecule has 2 N–H and O–H groups in total. The number of carbonyl (C=O) groups is 1. The molecule has 0 bridgehead atoms. The topological polar surface area (TPSA) is 66.9 Å². The lowest BCUT2D eigenvalue weighted by atomic mass is 9.84. The Kier molecular flexibility index (Phi) is 5.32. The number of nitrogens with one attached hydrogen (secondary N) is 2. The minimum absolute atomic E-state index is 0.109. The van der Waals surface area contributed by atoms with E-state index in [0.29, 0.717) is 11.5 Å². The van der Waals surface area contributed by atoms with Crippen LogP contribution < -0.4 is 10.6 Å². The lowest BCUT2D eigenvalue weighted by Crippen LogP contribution is -2.38. The van der Waals surface area contributed by atoms with Crippen LogP contribution in [0, 0.1) is 5.92 Å². The van der Waals surface area contributed by atoms with E-state index in [9.17, 15) is 4.79 Å². The highest BCUT2D eigenvalue weighted by molar-refractivity contribution is 5.92. The molecule has 1 amide bonds. The summed E-state index contributed by atoms with van der Waals surface area (Å²) in [5, 5.41) is 14.1. The number of amides is 1. The Morgan fingerprint density at radius 1 is 1.30 bits per heavy atom. The minimum atomic E-state index is -0.109. The summed E-state index contributed by atoms with van der Waals surface area (Å²) in [4.78, 5) is 12.1. The first-order valence-corrected chi connectivity index (χ1v) is 7.61. The van der Waals surface area contributed by atoms with Crippen LogP contribution in [-0.4, -0.2) is 28.7 Å². The molecule has 2 unspecified atom stereocenters. The lowest BCUT2D eigenvalue weighted by molar-refractivity contribution is 0.0913. The third-order valence-electron chi connectivity index (χ3n) is 3.95. The fourth-order valence-corrected chi connectivity index (χ4v) is 2.78. The van der Waals surface area contributed by atoms with E-state index in [-0.39, 0.29) is 11.9 Å². The SMILES string of the molecule is CCNc1ccc(C(=O)NC2CCCC(CC)C2)nn1. The molecule has 1 aliphatic carbocycles. The second-order valence-electron chi connectivity index (χ2n) is 5.45. The van der Waals surface area contributed by atoms with Crippen molar-refractivity contribution in [2.45, 2.75) is 52.0 Å². The van der Waals surface area contributed by atoms with E-state index < -0.39 is 0 Å². The van der Waals surface area contributed by atoms with Gasteiger partial charge < -0.3 is 10.6 Å². The van der Waals surface area contributed by atoms with Crippen LogP contribution in [0.2, 0.25) is 0 Å². The molecule has 1 aromatic heterocycles. The Hall–Kier alpha value is -1.65. The van der Waals surface area contributed by atoms with Gasteiger partial charge in [-0.25, -0.2) is 0 Å². The summed E-state index contributed by atoms with van der Waals surface area (Å²) in [6.07, 6.45) is 5.86. The maximum absolute atomic E-state index is 12.1. The molecule has 1 aliphatic rings. The van der Waals surface area contributed by atoms with Gasteiger partial charge >= 0.3 is 0 Å². The largest absolute Gasteiger partial charge is 0.369 e. The van der Waals surface area contributed by atoms with Crippen LogP contribution in [0.5, 0.6) is 0 Å². The van der Waals surface area contributed by atoms with Crippen molar-refractivity contribution in [3.8, 4) is 0 Å². The van der Waals surface area contributed by atoms with E-state index in [2.05, 4.69) is 27.8 Å². The van der Waals surface area contributed by atoms with Crippen LogP contribution >= 0.6 is 0 Å². The lowest BCUT2D eigenvalue weighted by Gasteiger charge is -2.28. The molecule has 0 saturated heterocycles. The number of rotatable bonds is 5.